The molecule has 0 aromatic carbocycles. The van der Waals surface area contributed by atoms with Crippen LogP contribution >= 0.6 is 23.5 Å². The Kier molecular flexibility index (Phi) is 9.74. The molecule has 196 valence electrons. The number of aliphatic hydroxyl groups excluding tert-OH is 4. The van der Waals surface area contributed by atoms with Gasteiger partial charge in [0.15, 0.2) is 12.6 Å². The van der Waals surface area contributed by atoms with Crippen LogP contribution in [0.1, 0.15) is 0 Å². The van der Waals surface area contributed by atoms with E-state index in [4.69, 9.17) is 43.6 Å². The largest absolute Gasteiger partial charge is 0.470 e. The molecular formula is C11H23O19P3. The molecule has 2 saturated heterocycles. The number of hydrogen-bond donors (Lipinski definition) is 10. The first-order valence-electron chi connectivity index (χ1n) is 8.72. The molecule has 2 aliphatic heterocycles. The maximum absolute atomic E-state index is 11.3. The van der Waals surface area contributed by atoms with E-state index in [1.807, 2.05) is 0 Å². The van der Waals surface area contributed by atoms with E-state index in [1.165, 1.54) is 0 Å². The predicted octanol–water partition coefficient (Wildman–Crippen LogP) is -4.41. The van der Waals surface area contributed by atoms with Gasteiger partial charge in [0, 0.05) is 0 Å². The van der Waals surface area contributed by atoms with Gasteiger partial charge in [0.2, 0.25) is 0 Å². The molecule has 0 unspecified atom stereocenters. The third-order valence-electron chi connectivity index (χ3n) is 4.33. The van der Waals surface area contributed by atoms with E-state index in [9.17, 15) is 34.1 Å². The Morgan fingerprint density at radius 3 is 1.52 bits per heavy atom. The molecule has 2 heterocycles. The lowest BCUT2D eigenvalue weighted by atomic mass is 9.99. The molecule has 0 amide bonds. The average molecular weight is 552 g/mol. The molecule has 0 aromatic heterocycles. The zero-order valence-corrected chi connectivity index (χ0v) is 18.8. The van der Waals surface area contributed by atoms with Gasteiger partial charge in [0.25, 0.3) is 0 Å². The molecule has 0 radical (unpaired) electrons. The van der Waals surface area contributed by atoms with E-state index in [0.717, 1.165) is 0 Å². The molecule has 2 aliphatic rings. The second-order valence-electron chi connectivity index (χ2n) is 6.75. The molecule has 0 bridgehead atoms. The Morgan fingerprint density at radius 1 is 0.636 bits per heavy atom. The van der Waals surface area contributed by atoms with E-state index in [1.54, 1.807) is 0 Å². The van der Waals surface area contributed by atoms with Crippen LogP contribution in [-0.2, 0) is 41.5 Å². The number of phosphoric ester groups is 3. The fourth-order valence-corrected chi connectivity index (χ4v) is 4.84. The van der Waals surface area contributed by atoms with Gasteiger partial charge in [-0.1, -0.05) is 0 Å². The average Bonchev–Trinajstić information content (AvgIpc) is 2.92. The van der Waals surface area contributed by atoms with Crippen molar-refractivity contribution in [1.82, 2.24) is 0 Å². The molecule has 0 aromatic rings. The molecule has 9 atom stereocenters. The summed E-state index contributed by atoms with van der Waals surface area (Å²) in [5.74, 6) is 0. The fourth-order valence-electron chi connectivity index (χ4n) is 3.16. The van der Waals surface area contributed by atoms with Gasteiger partial charge >= 0.3 is 23.5 Å². The zero-order chi connectivity index (χ0) is 25.4. The van der Waals surface area contributed by atoms with Crippen molar-refractivity contribution in [3.8, 4) is 0 Å². The minimum atomic E-state index is -5.46. The number of aliphatic hydroxyl groups is 4. The number of ether oxygens (including phenoxy) is 3. The van der Waals surface area contributed by atoms with E-state index in [-0.39, 0.29) is 0 Å². The van der Waals surface area contributed by atoms with Crippen LogP contribution in [0.4, 0.5) is 0 Å². The summed E-state index contributed by atoms with van der Waals surface area (Å²) in [7, 11) is -16.1. The SMILES string of the molecule is O=P(O)(O)O[C@@H]1[C@@H](O)[C@@H](O[C@H]2[C@@H](OP(=O)(O)O)[C@H](O)O[C@@H]2CO)O[C@H](CO)[C@H]1OP(=O)(O)O. The highest BCUT2D eigenvalue weighted by molar-refractivity contribution is 7.46. The summed E-state index contributed by atoms with van der Waals surface area (Å²) in [6.07, 6.45) is -18.1. The third kappa shape index (κ3) is 8.30. The second kappa shape index (κ2) is 11.0. The smallest absolute Gasteiger partial charge is 0.394 e. The second-order valence-corrected chi connectivity index (χ2v) is 10.3. The van der Waals surface area contributed by atoms with Gasteiger partial charge in [-0.05, 0) is 0 Å². The van der Waals surface area contributed by atoms with Crippen LogP contribution in [0.2, 0.25) is 0 Å². The summed E-state index contributed by atoms with van der Waals surface area (Å²) in [4.78, 5) is 54.3. The van der Waals surface area contributed by atoms with Gasteiger partial charge in [0.1, 0.15) is 42.7 Å². The molecule has 0 spiro atoms. The Balaban J connectivity index is 2.36. The minimum Gasteiger partial charge on any atom is -0.394 e. The topological polar surface area (TPSA) is 309 Å². The van der Waals surface area contributed by atoms with Crippen molar-refractivity contribution in [2.75, 3.05) is 13.2 Å². The highest BCUT2D eigenvalue weighted by atomic mass is 31.2. The third-order valence-corrected chi connectivity index (χ3v) is 5.88. The lowest BCUT2D eigenvalue weighted by Crippen LogP contribution is -2.61. The lowest BCUT2D eigenvalue weighted by Gasteiger charge is -2.44. The van der Waals surface area contributed by atoms with Gasteiger partial charge in [-0.15, -0.1) is 0 Å². The maximum Gasteiger partial charge on any atom is 0.470 e. The summed E-state index contributed by atoms with van der Waals surface area (Å²) < 4.78 is 62.1. The fraction of sp³-hybridized carbons (Fsp3) is 1.00. The monoisotopic (exact) mass is 552 g/mol. The van der Waals surface area contributed by atoms with Crippen molar-refractivity contribution in [2.24, 2.45) is 0 Å². The first-order valence-corrected chi connectivity index (χ1v) is 13.3. The van der Waals surface area contributed by atoms with Gasteiger partial charge < -0.3 is 64.0 Å². The van der Waals surface area contributed by atoms with Crippen LogP contribution in [0.3, 0.4) is 0 Å². The molecule has 0 aliphatic carbocycles. The summed E-state index contributed by atoms with van der Waals surface area (Å²) in [5, 5.41) is 39.2. The molecule has 0 saturated carbocycles. The summed E-state index contributed by atoms with van der Waals surface area (Å²) in [6.45, 7) is -2.03. The van der Waals surface area contributed by atoms with E-state index < -0.39 is 92.0 Å². The minimum absolute atomic E-state index is 0.915. The number of phosphoric acid groups is 3. The molecule has 2 fully saturated rings. The Morgan fingerprint density at radius 2 is 1.06 bits per heavy atom. The summed E-state index contributed by atoms with van der Waals surface area (Å²) >= 11 is 0. The first-order chi connectivity index (χ1) is 15.0. The Bertz CT molecular complexity index is 790. The highest BCUT2D eigenvalue weighted by Gasteiger charge is 2.55. The van der Waals surface area contributed by atoms with Crippen molar-refractivity contribution in [1.29, 1.82) is 0 Å². The maximum atomic E-state index is 11.3. The summed E-state index contributed by atoms with van der Waals surface area (Å²) in [6, 6.07) is 0. The molecule has 22 heteroatoms. The molecule has 33 heavy (non-hydrogen) atoms. The standard InChI is InChI=1S/C11H23O19P3/c12-1-3-6(9(10(15)25-3)30-33(22,23)24)27-11-5(14)8(29-32(19,20)21)7(4(2-13)26-11)28-31(16,17)18/h3-15H,1-2H2,(H2,16,17,18)(H2,19,20,21)(H2,22,23,24)/t3-,4-,5-,6-,7-,8-,9-,10-,11-/m1/s1. The van der Waals surface area contributed by atoms with Crippen LogP contribution < -0.4 is 0 Å². The predicted molar refractivity (Wildman–Crippen MR) is 95.3 cm³/mol. The van der Waals surface area contributed by atoms with Crippen molar-refractivity contribution in [2.45, 2.75) is 55.3 Å². The normalized spacial score (nSPS) is 38.5. The van der Waals surface area contributed by atoms with E-state index >= 15 is 0 Å². The van der Waals surface area contributed by atoms with Crippen molar-refractivity contribution < 1.29 is 91.3 Å². The van der Waals surface area contributed by atoms with Gasteiger partial charge in [-0.2, -0.15) is 0 Å². The van der Waals surface area contributed by atoms with Crippen molar-refractivity contribution >= 4 is 23.5 Å². The quantitative estimate of drug-likeness (QED) is 0.114. The number of rotatable bonds is 10. The van der Waals surface area contributed by atoms with E-state index in [2.05, 4.69) is 13.6 Å². The van der Waals surface area contributed by atoms with E-state index in [0.29, 0.717) is 0 Å². The van der Waals surface area contributed by atoms with Gasteiger partial charge in [-0.3, -0.25) is 13.6 Å². The highest BCUT2D eigenvalue weighted by Crippen LogP contribution is 2.47. The zero-order valence-electron chi connectivity index (χ0n) is 16.1. The lowest BCUT2D eigenvalue weighted by molar-refractivity contribution is -0.313. The molecular weight excluding hydrogens is 529 g/mol. The van der Waals surface area contributed by atoms with Crippen molar-refractivity contribution in [3.05, 3.63) is 0 Å². The van der Waals surface area contributed by atoms with Crippen LogP contribution in [-0.4, -0.2) is 118 Å². The summed E-state index contributed by atoms with van der Waals surface area (Å²) in [5.41, 5.74) is 0. The Labute approximate surface area is 184 Å². The Hall–Kier alpha value is 0.0500. The van der Waals surface area contributed by atoms with Crippen LogP contribution in [0.15, 0.2) is 0 Å². The van der Waals surface area contributed by atoms with Crippen LogP contribution in [0, 0.1) is 0 Å². The van der Waals surface area contributed by atoms with Gasteiger partial charge in [-0.25, -0.2) is 13.7 Å². The first kappa shape index (κ1) is 29.3. The van der Waals surface area contributed by atoms with Gasteiger partial charge in [0.05, 0.1) is 13.2 Å². The number of hydrogen-bond acceptors (Lipinski definition) is 13. The molecule has 19 nitrogen and oxygen atoms in total. The van der Waals surface area contributed by atoms with Crippen LogP contribution in [0.5, 0.6) is 0 Å². The van der Waals surface area contributed by atoms with Crippen LogP contribution in [0.25, 0.3) is 0 Å². The van der Waals surface area contributed by atoms with Crippen molar-refractivity contribution in [3.63, 3.8) is 0 Å². The molecule has 10 N–H and O–H groups in total. The molecule has 2 rings (SSSR count).